The highest BCUT2D eigenvalue weighted by atomic mass is 19.1. The predicted octanol–water partition coefficient (Wildman–Crippen LogP) is 5.27. The number of carbonyl (C=O) groups is 3. The van der Waals surface area contributed by atoms with Gasteiger partial charge in [0.2, 0.25) is 17.7 Å². The summed E-state index contributed by atoms with van der Waals surface area (Å²) in [6.07, 6.45) is 0.181. The summed E-state index contributed by atoms with van der Waals surface area (Å²) in [5.41, 5.74) is 5.57. The largest absolute Gasteiger partial charge is 0.324 e. The van der Waals surface area contributed by atoms with Crippen molar-refractivity contribution in [2.75, 3.05) is 5.32 Å². The molecule has 5 nitrogen and oxygen atoms in total. The van der Waals surface area contributed by atoms with E-state index in [-0.39, 0.29) is 30.1 Å². The first-order chi connectivity index (χ1) is 19.0. The molecule has 4 aromatic carbocycles. The number of imide groups is 1. The van der Waals surface area contributed by atoms with Crippen LogP contribution < -0.4 is 5.32 Å². The molecule has 1 aliphatic heterocycles. The van der Waals surface area contributed by atoms with Gasteiger partial charge < -0.3 is 5.32 Å². The van der Waals surface area contributed by atoms with Gasteiger partial charge in [0.15, 0.2) is 0 Å². The molecular weight excluding hydrogens is 491 g/mol. The SMILES string of the molecule is O=C(Nc1ccc(F)cc1)[C@H](Cc1ccccc1)N1C(=O)[C@@H]2C3c4ccccc4C(c4ccccc43)[C@H]2C1=O. The van der Waals surface area contributed by atoms with Crippen LogP contribution in [0.4, 0.5) is 10.1 Å². The summed E-state index contributed by atoms with van der Waals surface area (Å²) in [4.78, 5) is 43.5. The van der Waals surface area contributed by atoms with Crippen LogP contribution in [0.3, 0.4) is 0 Å². The Morgan fingerprint density at radius 2 is 1.15 bits per heavy atom. The number of rotatable bonds is 5. The Labute approximate surface area is 225 Å². The zero-order valence-corrected chi connectivity index (χ0v) is 21.0. The molecule has 4 aromatic rings. The maximum Gasteiger partial charge on any atom is 0.248 e. The van der Waals surface area contributed by atoms with E-state index in [9.17, 15) is 18.8 Å². The van der Waals surface area contributed by atoms with Crippen LogP contribution in [-0.4, -0.2) is 28.7 Å². The van der Waals surface area contributed by atoms with Crippen LogP contribution in [0.5, 0.6) is 0 Å². The van der Waals surface area contributed by atoms with Gasteiger partial charge in [-0.05, 0) is 52.1 Å². The second-order valence-electron chi connectivity index (χ2n) is 10.5. The van der Waals surface area contributed by atoms with Gasteiger partial charge in [0.05, 0.1) is 11.8 Å². The van der Waals surface area contributed by atoms with Gasteiger partial charge in [0.1, 0.15) is 11.9 Å². The maximum absolute atomic E-state index is 14.3. The van der Waals surface area contributed by atoms with Gasteiger partial charge >= 0.3 is 0 Å². The molecule has 0 radical (unpaired) electrons. The minimum atomic E-state index is -1.05. The van der Waals surface area contributed by atoms with E-state index >= 15 is 0 Å². The van der Waals surface area contributed by atoms with Gasteiger partial charge in [0.25, 0.3) is 0 Å². The lowest BCUT2D eigenvalue weighted by molar-refractivity contribution is -0.146. The summed E-state index contributed by atoms with van der Waals surface area (Å²) < 4.78 is 13.5. The third-order valence-electron chi connectivity index (χ3n) is 8.48. The summed E-state index contributed by atoms with van der Waals surface area (Å²) in [7, 11) is 0. The fraction of sp³-hybridized carbons (Fsp3) is 0.182. The molecule has 39 heavy (non-hydrogen) atoms. The second-order valence-corrected chi connectivity index (χ2v) is 10.5. The Bertz CT molecular complexity index is 1500. The number of anilines is 1. The molecule has 4 aliphatic rings. The predicted molar refractivity (Wildman–Crippen MR) is 144 cm³/mol. The monoisotopic (exact) mass is 516 g/mol. The molecule has 1 fully saturated rings. The Morgan fingerprint density at radius 3 is 1.64 bits per heavy atom. The van der Waals surface area contributed by atoms with Gasteiger partial charge in [-0.1, -0.05) is 78.9 Å². The van der Waals surface area contributed by atoms with E-state index in [0.29, 0.717) is 5.69 Å². The van der Waals surface area contributed by atoms with Crippen LogP contribution in [0.15, 0.2) is 103 Å². The number of benzene rings is 4. The van der Waals surface area contributed by atoms with Crippen molar-refractivity contribution in [3.05, 3.63) is 137 Å². The summed E-state index contributed by atoms with van der Waals surface area (Å²) in [5, 5.41) is 2.81. The zero-order valence-electron chi connectivity index (χ0n) is 21.0. The van der Waals surface area contributed by atoms with Crippen molar-refractivity contribution < 1.29 is 18.8 Å². The first kappa shape index (κ1) is 23.5. The van der Waals surface area contributed by atoms with Gasteiger partial charge in [-0.2, -0.15) is 0 Å². The standard InChI is InChI=1S/C33H25FN2O3/c34-20-14-16-21(17-15-20)35-31(37)26(18-19-8-2-1-3-9-19)36-32(38)29-27-22-10-4-5-11-23(22)28(30(29)33(36)39)25-13-7-6-12-24(25)27/h1-17,26-30H,18H2,(H,35,37)/t26-,27?,28?,29+,30+/m0/s1. The molecule has 1 N–H and O–H groups in total. The summed E-state index contributed by atoms with van der Waals surface area (Å²) in [6, 6.07) is 29.9. The Hall–Kier alpha value is -4.58. The molecule has 2 bridgehead atoms. The number of amides is 3. The quantitative estimate of drug-likeness (QED) is 0.368. The van der Waals surface area contributed by atoms with Crippen molar-refractivity contribution >= 4 is 23.4 Å². The van der Waals surface area contributed by atoms with Crippen molar-refractivity contribution in [1.82, 2.24) is 4.90 Å². The Kier molecular flexibility index (Phi) is 5.44. The fourth-order valence-corrected chi connectivity index (χ4v) is 6.90. The fourth-order valence-electron chi connectivity index (χ4n) is 6.90. The first-order valence-corrected chi connectivity index (χ1v) is 13.2. The Balaban J connectivity index is 1.31. The molecule has 1 heterocycles. The van der Waals surface area contributed by atoms with Crippen LogP contribution >= 0.6 is 0 Å². The lowest BCUT2D eigenvalue weighted by Gasteiger charge is -2.45. The van der Waals surface area contributed by atoms with Crippen molar-refractivity contribution in [1.29, 1.82) is 0 Å². The molecule has 192 valence electrons. The summed E-state index contributed by atoms with van der Waals surface area (Å²) in [6.45, 7) is 0. The topological polar surface area (TPSA) is 66.5 Å². The first-order valence-electron chi connectivity index (χ1n) is 13.2. The third kappa shape index (κ3) is 3.62. The highest BCUT2D eigenvalue weighted by Crippen LogP contribution is 2.61. The van der Waals surface area contributed by atoms with Crippen molar-refractivity contribution in [3.8, 4) is 0 Å². The smallest absolute Gasteiger partial charge is 0.248 e. The molecule has 0 unspecified atom stereocenters. The minimum Gasteiger partial charge on any atom is -0.324 e. The maximum atomic E-state index is 14.3. The average Bonchev–Trinajstić information content (AvgIpc) is 3.23. The highest BCUT2D eigenvalue weighted by Gasteiger charge is 2.63. The van der Waals surface area contributed by atoms with Crippen molar-refractivity contribution in [2.24, 2.45) is 11.8 Å². The molecule has 0 spiro atoms. The Morgan fingerprint density at radius 1 is 0.692 bits per heavy atom. The molecule has 8 rings (SSSR count). The van der Waals surface area contributed by atoms with E-state index in [1.807, 2.05) is 54.6 Å². The van der Waals surface area contributed by atoms with Crippen LogP contribution in [0.2, 0.25) is 0 Å². The van der Waals surface area contributed by atoms with E-state index in [0.717, 1.165) is 27.8 Å². The van der Waals surface area contributed by atoms with Crippen LogP contribution in [0.25, 0.3) is 0 Å². The molecular formula is C33H25FN2O3. The number of nitrogens with zero attached hydrogens (tertiary/aromatic N) is 1. The van der Waals surface area contributed by atoms with Gasteiger partial charge in [-0.3, -0.25) is 19.3 Å². The number of nitrogens with one attached hydrogen (secondary N) is 1. The lowest BCUT2D eigenvalue weighted by Crippen LogP contribution is -2.49. The number of carbonyl (C=O) groups excluding carboxylic acids is 3. The number of likely N-dealkylation sites (tertiary alicyclic amines) is 1. The second kappa shape index (κ2) is 9.02. The summed E-state index contributed by atoms with van der Waals surface area (Å²) in [5.74, 6) is -3.13. The van der Waals surface area contributed by atoms with Crippen LogP contribution in [0.1, 0.15) is 39.7 Å². The summed E-state index contributed by atoms with van der Waals surface area (Å²) >= 11 is 0. The van der Waals surface area contributed by atoms with Crippen molar-refractivity contribution in [3.63, 3.8) is 0 Å². The van der Waals surface area contributed by atoms with Gasteiger partial charge in [-0.25, -0.2) is 4.39 Å². The number of halogens is 1. The van der Waals surface area contributed by atoms with E-state index < -0.39 is 29.6 Å². The molecule has 3 atom stereocenters. The molecule has 0 aromatic heterocycles. The van der Waals surface area contributed by atoms with E-state index in [1.165, 1.54) is 29.2 Å². The highest BCUT2D eigenvalue weighted by molar-refractivity contribution is 6.11. The van der Waals surface area contributed by atoms with Crippen molar-refractivity contribution in [2.45, 2.75) is 24.3 Å². The molecule has 1 saturated heterocycles. The van der Waals surface area contributed by atoms with E-state index in [4.69, 9.17) is 0 Å². The molecule has 6 heteroatoms. The van der Waals surface area contributed by atoms with Gasteiger partial charge in [0, 0.05) is 23.9 Å². The molecule has 0 saturated carbocycles. The van der Waals surface area contributed by atoms with Crippen LogP contribution in [0, 0.1) is 17.7 Å². The number of hydrogen-bond donors (Lipinski definition) is 1. The minimum absolute atomic E-state index is 0.181. The average molecular weight is 517 g/mol. The van der Waals surface area contributed by atoms with Crippen LogP contribution in [-0.2, 0) is 20.8 Å². The van der Waals surface area contributed by atoms with E-state index in [1.54, 1.807) is 0 Å². The molecule has 3 amide bonds. The normalized spacial score (nSPS) is 23.2. The lowest BCUT2D eigenvalue weighted by atomic mass is 9.55. The van der Waals surface area contributed by atoms with Gasteiger partial charge in [-0.15, -0.1) is 0 Å². The molecule has 3 aliphatic carbocycles. The zero-order chi connectivity index (χ0) is 26.7. The number of hydrogen-bond acceptors (Lipinski definition) is 3. The third-order valence-corrected chi connectivity index (χ3v) is 8.48. The van der Waals surface area contributed by atoms with E-state index in [2.05, 4.69) is 29.6 Å².